The van der Waals surface area contributed by atoms with Crippen molar-refractivity contribution in [1.29, 1.82) is 0 Å². The highest BCUT2D eigenvalue weighted by molar-refractivity contribution is 5.96. The van der Waals surface area contributed by atoms with Gasteiger partial charge in [0.05, 0.1) is 19.4 Å². The number of methoxy groups -OCH3 is 1. The lowest BCUT2D eigenvalue weighted by atomic mass is 10.0. The molecular weight excluding hydrogens is 516 g/mol. The molecule has 0 radical (unpaired) electrons. The molecule has 1 N–H and O–H groups in total. The van der Waals surface area contributed by atoms with Crippen molar-refractivity contribution < 1.29 is 14.6 Å². The molecule has 2 aromatic carbocycles. The number of piperazine rings is 1. The van der Waals surface area contributed by atoms with Crippen molar-refractivity contribution in [2.75, 3.05) is 77.5 Å². The number of hydrogen-bond donors (Lipinski definition) is 1. The van der Waals surface area contributed by atoms with Gasteiger partial charge in [0.15, 0.2) is 0 Å². The molecule has 0 aliphatic carbocycles. The highest BCUT2D eigenvalue weighted by Gasteiger charge is 2.25. The molecule has 3 aliphatic heterocycles. The quantitative estimate of drug-likeness (QED) is 0.325. The fourth-order valence-corrected chi connectivity index (χ4v) is 5.70. The number of rotatable bonds is 6. The maximum absolute atomic E-state index is 11.9. The van der Waals surface area contributed by atoms with E-state index in [1.54, 1.807) is 6.07 Å². The number of phenols is 1. The highest BCUT2D eigenvalue weighted by atomic mass is 16.5. The van der Waals surface area contributed by atoms with E-state index in [0.717, 1.165) is 54.8 Å². The fraction of sp³-hybridized carbons (Fsp3) is 0.469. The summed E-state index contributed by atoms with van der Waals surface area (Å²) in [7, 11) is 1.53. The van der Waals surface area contributed by atoms with Gasteiger partial charge in [-0.1, -0.05) is 37.8 Å². The van der Waals surface area contributed by atoms with Crippen LogP contribution < -0.4 is 4.90 Å². The Hall–Kier alpha value is -3.69. The van der Waals surface area contributed by atoms with Crippen LogP contribution in [0, 0.1) is 0 Å². The monoisotopic (exact) mass is 560 g/mol. The number of hydrogen-bond acceptors (Lipinski definition) is 7. The number of amides is 1. The third kappa shape index (κ3) is 7.95. The third-order valence-electron chi connectivity index (χ3n) is 8.07. The Morgan fingerprint density at radius 1 is 1.05 bits per heavy atom. The lowest BCUT2D eigenvalue weighted by Gasteiger charge is -2.37. The van der Waals surface area contributed by atoms with Gasteiger partial charge in [0.1, 0.15) is 5.75 Å². The lowest BCUT2D eigenvalue weighted by Crippen LogP contribution is -2.49. The molecule has 0 saturated carbocycles. The summed E-state index contributed by atoms with van der Waals surface area (Å²) in [5.74, 6) is 0.225. The minimum absolute atomic E-state index is 0.0161. The summed E-state index contributed by atoms with van der Waals surface area (Å²) < 4.78 is 5.28. The van der Waals surface area contributed by atoms with Gasteiger partial charge in [-0.2, -0.15) is 4.99 Å². The molecule has 41 heavy (non-hydrogen) atoms. The number of phenolic OH excluding ortho intramolecular Hbond substituents is 1. The number of amidine groups is 1. The topological polar surface area (TPSA) is 84.2 Å². The summed E-state index contributed by atoms with van der Waals surface area (Å²) in [6, 6.07) is 11.9. The Morgan fingerprint density at radius 3 is 2.41 bits per heavy atom. The molecular formula is C32H44N6O3. The summed E-state index contributed by atoms with van der Waals surface area (Å²) in [5, 5.41) is 12.4. The van der Waals surface area contributed by atoms with Gasteiger partial charge < -0.3 is 24.5 Å². The molecule has 9 nitrogen and oxygen atoms in total. The van der Waals surface area contributed by atoms with Gasteiger partial charge in [-0.25, -0.2) is 4.99 Å². The van der Waals surface area contributed by atoms with E-state index in [4.69, 9.17) is 9.73 Å². The Morgan fingerprint density at radius 2 is 1.78 bits per heavy atom. The van der Waals surface area contributed by atoms with Gasteiger partial charge >= 0.3 is 6.02 Å². The second-order valence-corrected chi connectivity index (χ2v) is 10.6. The van der Waals surface area contributed by atoms with Gasteiger partial charge in [-0.15, -0.1) is 0 Å². The largest absolute Gasteiger partial charge is 0.508 e. The van der Waals surface area contributed by atoms with Gasteiger partial charge in [-0.05, 0) is 68.7 Å². The number of aliphatic imine (C=N–C) groups is 2. The van der Waals surface area contributed by atoms with E-state index in [9.17, 15) is 9.90 Å². The van der Waals surface area contributed by atoms with E-state index in [1.807, 2.05) is 29.2 Å². The van der Waals surface area contributed by atoms with Crippen LogP contribution in [-0.2, 0) is 9.53 Å². The molecule has 2 saturated heterocycles. The van der Waals surface area contributed by atoms with Gasteiger partial charge in [-0.3, -0.25) is 9.69 Å². The van der Waals surface area contributed by atoms with Crippen molar-refractivity contribution in [3.8, 4) is 5.75 Å². The molecule has 0 atom stereocenters. The molecule has 2 fully saturated rings. The van der Waals surface area contributed by atoms with Crippen LogP contribution >= 0.6 is 0 Å². The molecule has 0 unspecified atom stereocenters. The van der Waals surface area contributed by atoms with Crippen LogP contribution in [-0.4, -0.2) is 111 Å². The van der Waals surface area contributed by atoms with Crippen LogP contribution in [0.3, 0.4) is 0 Å². The Labute approximate surface area is 244 Å². The minimum Gasteiger partial charge on any atom is -0.508 e. The number of likely N-dealkylation sites (tertiary alicyclic amines) is 1. The number of fused-ring (bicyclic) bond motifs is 1. The van der Waals surface area contributed by atoms with Crippen molar-refractivity contribution in [2.45, 2.75) is 26.2 Å². The van der Waals surface area contributed by atoms with Crippen molar-refractivity contribution in [2.24, 2.45) is 9.98 Å². The van der Waals surface area contributed by atoms with E-state index >= 15 is 0 Å². The number of ether oxygens (including phenoxy) is 1. The summed E-state index contributed by atoms with van der Waals surface area (Å²) in [4.78, 5) is 29.4. The molecule has 0 spiro atoms. The normalized spacial score (nSPS) is 18.7. The Bertz CT molecular complexity index is 1280. The predicted octanol–water partition coefficient (Wildman–Crippen LogP) is 4.14. The molecule has 3 heterocycles. The van der Waals surface area contributed by atoms with Crippen LogP contribution in [0.5, 0.6) is 5.75 Å². The van der Waals surface area contributed by atoms with Gasteiger partial charge in [0.2, 0.25) is 5.91 Å². The smallest absolute Gasteiger partial charge is 0.315 e. The molecule has 220 valence electrons. The number of anilines is 1. The van der Waals surface area contributed by atoms with Crippen LogP contribution in [0.15, 0.2) is 70.3 Å². The fourth-order valence-electron chi connectivity index (χ4n) is 5.70. The number of benzene rings is 2. The highest BCUT2D eigenvalue weighted by Crippen LogP contribution is 2.34. The van der Waals surface area contributed by atoms with E-state index in [-0.39, 0.29) is 17.7 Å². The van der Waals surface area contributed by atoms with E-state index in [0.29, 0.717) is 19.6 Å². The lowest BCUT2D eigenvalue weighted by molar-refractivity contribution is -0.127. The first-order valence-corrected chi connectivity index (χ1v) is 14.6. The average molecular weight is 561 g/mol. The molecule has 3 aliphatic rings. The SMILES string of the molecule is C=CC(=O)N1CCN(CC2=C(N=C(N=C)OC)CN(c3cc(O)cc4ccccc34)CC2)CC1.CCN1CCCC1. The van der Waals surface area contributed by atoms with Gasteiger partial charge in [0.25, 0.3) is 0 Å². The van der Waals surface area contributed by atoms with E-state index < -0.39 is 0 Å². The average Bonchev–Trinajstić information content (AvgIpc) is 3.55. The third-order valence-corrected chi connectivity index (χ3v) is 8.07. The Kier molecular flexibility index (Phi) is 10.9. The Balaban J connectivity index is 0.000000483. The zero-order valence-electron chi connectivity index (χ0n) is 24.6. The van der Waals surface area contributed by atoms with Crippen molar-refractivity contribution in [3.63, 3.8) is 0 Å². The summed E-state index contributed by atoms with van der Waals surface area (Å²) >= 11 is 0. The second kappa shape index (κ2) is 14.8. The summed E-state index contributed by atoms with van der Waals surface area (Å²) in [6.07, 6.45) is 5.05. The molecule has 2 aromatic rings. The van der Waals surface area contributed by atoms with Crippen molar-refractivity contribution in [3.05, 3.63) is 60.3 Å². The zero-order chi connectivity index (χ0) is 29.2. The molecule has 1 amide bonds. The second-order valence-electron chi connectivity index (χ2n) is 10.6. The van der Waals surface area contributed by atoms with Gasteiger partial charge in [0, 0.05) is 56.4 Å². The first-order chi connectivity index (χ1) is 19.9. The first kappa shape index (κ1) is 30.3. The van der Waals surface area contributed by atoms with Crippen LogP contribution in [0.4, 0.5) is 5.69 Å². The maximum Gasteiger partial charge on any atom is 0.315 e. The van der Waals surface area contributed by atoms with E-state index in [2.05, 4.69) is 46.0 Å². The number of aromatic hydroxyl groups is 1. The molecule has 5 rings (SSSR count). The predicted molar refractivity (Wildman–Crippen MR) is 168 cm³/mol. The van der Waals surface area contributed by atoms with Crippen LogP contribution in [0.1, 0.15) is 26.2 Å². The maximum atomic E-state index is 11.9. The van der Waals surface area contributed by atoms with Crippen LogP contribution in [0.2, 0.25) is 0 Å². The van der Waals surface area contributed by atoms with Crippen molar-refractivity contribution >= 4 is 35.1 Å². The number of nitrogens with zero attached hydrogens (tertiary/aromatic N) is 6. The molecule has 0 bridgehead atoms. The number of carbonyl (C=O) groups is 1. The molecule has 9 heteroatoms. The zero-order valence-corrected chi connectivity index (χ0v) is 24.6. The summed E-state index contributed by atoms with van der Waals surface area (Å²) in [6.45, 7) is 18.5. The number of carbonyl (C=O) groups excluding carboxylic acids is 1. The minimum atomic E-state index is -0.0161. The van der Waals surface area contributed by atoms with Crippen molar-refractivity contribution in [1.82, 2.24) is 14.7 Å². The standard InChI is InChI=1S/C26H31N5O3.C6H13N/c1-4-25(33)30-13-11-29(12-14-30)17-20-9-10-31(18-23(20)28-26(27-2)34-3)24-16-21(32)15-19-7-5-6-8-22(19)24;1-2-7-5-3-4-6-7/h4-8,15-16,32H,1-2,9-14,17-18H2,3H3;2-6H2,1H3. The molecule has 0 aromatic heterocycles. The van der Waals surface area contributed by atoms with Crippen LogP contribution in [0.25, 0.3) is 10.8 Å². The van der Waals surface area contributed by atoms with E-state index in [1.165, 1.54) is 51.2 Å². The summed E-state index contributed by atoms with van der Waals surface area (Å²) in [5.41, 5.74) is 3.10. The first-order valence-electron chi connectivity index (χ1n) is 14.6.